The Kier molecular flexibility index (Phi) is 1.83. The minimum atomic E-state index is 0.0301. The molecule has 1 aliphatic rings. The van der Waals surface area contributed by atoms with E-state index in [1.54, 1.807) is 0 Å². The van der Waals surface area contributed by atoms with Crippen molar-refractivity contribution < 1.29 is 4.74 Å². The summed E-state index contributed by atoms with van der Waals surface area (Å²) in [5, 5.41) is 0. The summed E-state index contributed by atoms with van der Waals surface area (Å²) in [6.45, 7) is 4.92. The Morgan fingerprint density at radius 3 is 2.90 bits per heavy atom. The van der Waals surface area contributed by atoms with E-state index >= 15 is 0 Å². The fourth-order valence-electron chi connectivity index (χ4n) is 0.986. The van der Waals surface area contributed by atoms with Gasteiger partial charge in [-0.3, -0.25) is 0 Å². The lowest BCUT2D eigenvalue weighted by atomic mass is 9.95. The third-order valence-corrected chi connectivity index (χ3v) is 2.03. The van der Waals surface area contributed by atoms with Crippen LogP contribution in [-0.2, 0) is 4.74 Å². The van der Waals surface area contributed by atoms with Crippen LogP contribution in [0.2, 0.25) is 0 Å². The molecule has 2 N–H and O–H groups in total. The molecule has 1 atom stereocenters. The standard InChI is InChI=1S/C7H14N2O/c1-3-7(2)4-5-10-6(8)9-7/h3-5H2,1-2H3,(H2,8,9). The largest absolute Gasteiger partial charge is 0.465 e. The minimum Gasteiger partial charge on any atom is -0.465 e. The molecule has 1 heterocycles. The molecule has 0 spiro atoms. The number of nitrogens with two attached hydrogens (primary N) is 1. The first-order valence-corrected chi connectivity index (χ1v) is 3.64. The van der Waals surface area contributed by atoms with Crippen LogP contribution in [0.1, 0.15) is 26.7 Å². The number of hydrogen-bond acceptors (Lipinski definition) is 3. The van der Waals surface area contributed by atoms with Crippen molar-refractivity contribution >= 4 is 6.02 Å². The first-order valence-electron chi connectivity index (χ1n) is 3.64. The van der Waals surface area contributed by atoms with Crippen LogP contribution < -0.4 is 5.73 Å². The highest BCUT2D eigenvalue weighted by molar-refractivity contribution is 5.72. The molecule has 10 heavy (non-hydrogen) atoms. The van der Waals surface area contributed by atoms with Crippen molar-refractivity contribution in [3.05, 3.63) is 0 Å². The lowest BCUT2D eigenvalue weighted by Gasteiger charge is -2.27. The topological polar surface area (TPSA) is 47.6 Å². The second kappa shape index (κ2) is 2.48. The molecule has 0 aromatic heterocycles. The molecule has 0 aromatic rings. The number of nitrogens with zero attached hydrogens (tertiary/aromatic N) is 1. The Balaban J connectivity index is 2.69. The van der Waals surface area contributed by atoms with E-state index in [0.717, 1.165) is 12.8 Å². The summed E-state index contributed by atoms with van der Waals surface area (Å²) >= 11 is 0. The van der Waals surface area contributed by atoms with Gasteiger partial charge in [-0.25, -0.2) is 4.99 Å². The minimum absolute atomic E-state index is 0.0301. The fourth-order valence-corrected chi connectivity index (χ4v) is 0.986. The van der Waals surface area contributed by atoms with Gasteiger partial charge in [0.15, 0.2) is 0 Å². The van der Waals surface area contributed by atoms with Gasteiger partial charge in [-0.2, -0.15) is 0 Å². The number of ether oxygens (including phenoxy) is 1. The van der Waals surface area contributed by atoms with Crippen LogP contribution in [-0.4, -0.2) is 18.2 Å². The van der Waals surface area contributed by atoms with Crippen LogP contribution >= 0.6 is 0 Å². The zero-order chi connectivity index (χ0) is 7.61. The molecular formula is C7H14N2O. The molecule has 3 nitrogen and oxygen atoms in total. The first-order chi connectivity index (χ1) is 4.66. The van der Waals surface area contributed by atoms with Crippen LogP contribution in [0.4, 0.5) is 0 Å². The second-order valence-electron chi connectivity index (χ2n) is 2.90. The third-order valence-electron chi connectivity index (χ3n) is 2.03. The smallest absolute Gasteiger partial charge is 0.282 e. The van der Waals surface area contributed by atoms with E-state index in [0.29, 0.717) is 12.6 Å². The van der Waals surface area contributed by atoms with Crippen molar-refractivity contribution in [1.29, 1.82) is 0 Å². The predicted molar refractivity (Wildman–Crippen MR) is 40.9 cm³/mol. The summed E-state index contributed by atoms with van der Waals surface area (Å²) in [6, 6.07) is 0.343. The van der Waals surface area contributed by atoms with E-state index in [9.17, 15) is 0 Å². The van der Waals surface area contributed by atoms with Gasteiger partial charge in [0.1, 0.15) is 0 Å². The van der Waals surface area contributed by atoms with Gasteiger partial charge in [0.25, 0.3) is 6.02 Å². The molecule has 0 saturated carbocycles. The quantitative estimate of drug-likeness (QED) is 0.591. The monoisotopic (exact) mass is 142 g/mol. The maximum atomic E-state index is 5.41. The van der Waals surface area contributed by atoms with Gasteiger partial charge in [0.2, 0.25) is 0 Å². The van der Waals surface area contributed by atoms with Gasteiger partial charge >= 0.3 is 0 Å². The van der Waals surface area contributed by atoms with Crippen LogP contribution in [0.25, 0.3) is 0 Å². The number of rotatable bonds is 1. The van der Waals surface area contributed by atoms with Gasteiger partial charge in [-0.15, -0.1) is 0 Å². The first kappa shape index (κ1) is 7.38. The summed E-state index contributed by atoms with van der Waals surface area (Å²) in [4.78, 5) is 4.20. The van der Waals surface area contributed by atoms with E-state index in [1.807, 2.05) is 0 Å². The SMILES string of the molecule is CCC1(C)CCOC(N)=N1. The summed E-state index contributed by atoms with van der Waals surface area (Å²) < 4.78 is 5.00. The van der Waals surface area contributed by atoms with Crippen molar-refractivity contribution in [3.8, 4) is 0 Å². The van der Waals surface area contributed by atoms with E-state index in [2.05, 4.69) is 18.8 Å². The number of amidine groups is 1. The summed E-state index contributed by atoms with van der Waals surface area (Å²) in [5.74, 6) is 0. The Bertz CT molecular complexity index is 156. The highest BCUT2D eigenvalue weighted by Crippen LogP contribution is 2.22. The molecular weight excluding hydrogens is 128 g/mol. The molecule has 0 aromatic carbocycles. The van der Waals surface area contributed by atoms with Crippen molar-refractivity contribution in [1.82, 2.24) is 0 Å². The van der Waals surface area contributed by atoms with E-state index in [4.69, 9.17) is 10.5 Å². The maximum absolute atomic E-state index is 5.41. The number of hydrogen-bond donors (Lipinski definition) is 1. The second-order valence-corrected chi connectivity index (χ2v) is 2.90. The molecule has 0 amide bonds. The lowest BCUT2D eigenvalue weighted by Crippen LogP contribution is -2.34. The van der Waals surface area contributed by atoms with Gasteiger partial charge in [0.05, 0.1) is 12.1 Å². The summed E-state index contributed by atoms with van der Waals surface area (Å²) in [7, 11) is 0. The zero-order valence-corrected chi connectivity index (χ0v) is 6.55. The van der Waals surface area contributed by atoms with Gasteiger partial charge in [-0.1, -0.05) is 6.92 Å². The normalized spacial score (nSPS) is 32.8. The number of aliphatic imine (C=N–C) groups is 1. The molecule has 1 aliphatic heterocycles. The molecule has 1 rings (SSSR count). The molecule has 0 saturated heterocycles. The highest BCUT2D eigenvalue weighted by atomic mass is 16.5. The van der Waals surface area contributed by atoms with Gasteiger partial charge in [-0.05, 0) is 13.3 Å². The van der Waals surface area contributed by atoms with Crippen LogP contribution in [0.3, 0.4) is 0 Å². The Morgan fingerprint density at radius 2 is 2.50 bits per heavy atom. The molecule has 0 bridgehead atoms. The molecule has 58 valence electrons. The van der Waals surface area contributed by atoms with Crippen LogP contribution in [0.5, 0.6) is 0 Å². The highest BCUT2D eigenvalue weighted by Gasteiger charge is 2.25. The molecule has 0 aliphatic carbocycles. The van der Waals surface area contributed by atoms with Crippen molar-refractivity contribution in [3.63, 3.8) is 0 Å². The van der Waals surface area contributed by atoms with Gasteiger partial charge < -0.3 is 10.5 Å². The Hall–Kier alpha value is -0.730. The summed E-state index contributed by atoms with van der Waals surface area (Å²) in [6.07, 6.45) is 2.00. The van der Waals surface area contributed by atoms with E-state index in [1.165, 1.54) is 0 Å². The lowest BCUT2D eigenvalue weighted by molar-refractivity contribution is 0.214. The van der Waals surface area contributed by atoms with Crippen LogP contribution in [0, 0.1) is 0 Å². The fraction of sp³-hybridized carbons (Fsp3) is 0.857. The maximum Gasteiger partial charge on any atom is 0.282 e. The van der Waals surface area contributed by atoms with Crippen molar-refractivity contribution in [2.45, 2.75) is 32.2 Å². The average Bonchev–Trinajstić information content (AvgIpc) is 1.88. The van der Waals surface area contributed by atoms with Crippen LogP contribution in [0.15, 0.2) is 4.99 Å². The van der Waals surface area contributed by atoms with E-state index in [-0.39, 0.29) is 5.54 Å². The predicted octanol–water partition coefficient (Wildman–Crippen LogP) is 0.890. The van der Waals surface area contributed by atoms with E-state index < -0.39 is 0 Å². The molecule has 3 heteroatoms. The van der Waals surface area contributed by atoms with Gasteiger partial charge in [0, 0.05) is 6.42 Å². The molecule has 1 unspecified atom stereocenters. The summed E-state index contributed by atoms with van der Waals surface area (Å²) in [5.41, 5.74) is 5.44. The zero-order valence-electron chi connectivity index (χ0n) is 6.55. The third kappa shape index (κ3) is 1.40. The Labute approximate surface area is 61.3 Å². The average molecular weight is 142 g/mol. The van der Waals surface area contributed by atoms with Crippen molar-refractivity contribution in [2.24, 2.45) is 10.7 Å². The Morgan fingerprint density at radius 1 is 1.80 bits per heavy atom. The molecule has 0 fully saturated rings. The molecule has 0 radical (unpaired) electrons. The van der Waals surface area contributed by atoms with Crippen molar-refractivity contribution in [2.75, 3.05) is 6.61 Å².